The Bertz CT molecular complexity index is 442. The van der Waals surface area contributed by atoms with E-state index in [1.807, 2.05) is 6.92 Å². The van der Waals surface area contributed by atoms with E-state index in [1.54, 1.807) is 4.68 Å². The molecule has 106 valence electrons. The van der Waals surface area contributed by atoms with Crippen LogP contribution in [0.1, 0.15) is 30.3 Å². The SMILES string of the molecule is CCn1ncc(N)c1C(=O)NCC1CCCN(C)C1. The summed E-state index contributed by atoms with van der Waals surface area (Å²) in [5.41, 5.74) is 6.72. The molecule has 0 aromatic carbocycles. The number of aryl methyl sites for hydroxylation is 1. The fraction of sp³-hybridized carbons (Fsp3) is 0.692. The highest BCUT2D eigenvalue weighted by atomic mass is 16.2. The molecule has 1 saturated heterocycles. The van der Waals surface area contributed by atoms with Crippen LogP contribution in [-0.2, 0) is 6.54 Å². The number of aromatic nitrogens is 2. The summed E-state index contributed by atoms with van der Waals surface area (Å²) in [6.45, 7) is 5.49. The third kappa shape index (κ3) is 3.26. The van der Waals surface area contributed by atoms with Crippen LogP contribution in [0.2, 0.25) is 0 Å². The van der Waals surface area contributed by atoms with Gasteiger partial charge in [0, 0.05) is 19.6 Å². The van der Waals surface area contributed by atoms with Crippen LogP contribution in [0.3, 0.4) is 0 Å². The van der Waals surface area contributed by atoms with E-state index in [4.69, 9.17) is 5.73 Å². The molecule has 2 heterocycles. The summed E-state index contributed by atoms with van der Waals surface area (Å²) < 4.78 is 1.64. The van der Waals surface area contributed by atoms with Gasteiger partial charge in [-0.2, -0.15) is 5.10 Å². The number of nitrogens with one attached hydrogen (secondary N) is 1. The first-order valence-corrected chi connectivity index (χ1v) is 6.89. The Morgan fingerprint density at radius 1 is 1.63 bits per heavy atom. The Labute approximate surface area is 113 Å². The molecule has 1 fully saturated rings. The van der Waals surface area contributed by atoms with Gasteiger partial charge in [0.1, 0.15) is 5.69 Å². The van der Waals surface area contributed by atoms with Crippen LogP contribution >= 0.6 is 0 Å². The van der Waals surface area contributed by atoms with Crippen molar-refractivity contribution in [2.24, 2.45) is 5.92 Å². The number of amides is 1. The Morgan fingerprint density at radius 3 is 3.11 bits per heavy atom. The molecule has 0 aliphatic carbocycles. The average molecular weight is 265 g/mol. The zero-order chi connectivity index (χ0) is 13.8. The third-order valence-electron chi connectivity index (χ3n) is 3.66. The second-order valence-corrected chi connectivity index (χ2v) is 5.24. The number of rotatable bonds is 4. The van der Waals surface area contributed by atoms with E-state index < -0.39 is 0 Å². The van der Waals surface area contributed by atoms with Gasteiger partial charge in [0.05, 0.1) is 11.9 Å². The van der Waals surface area contributed by atoms with Gasteiger partial charge in [0.2, 0.25) is 0 Å². The molecule has 6 heteroatoms. The fourth-order valence-corrected chi connectivity index (χ4v) is 2.65. The van der Waals surface area contributed by atoms with E-state index in [9.17, 15) is 4.79 Å². The Hall–Kier alpha value is -1.56. The zero-order valence-electron chi connectivity index (χ0n) is 11.7. The maximum Gasteiger partial charge on any atom is 0.271 e. The summed E-state index contributed by atoms with van der Waals surface area (Å²) in [6.07, 6.45) is 3.91. The van der Waals surface area contributed by atoms with Crippen molar-refractivity contribution in [2.45, 2.75) is 26.3 Å². The monoisotopic (exact) mass is 265 g/mol. The predicted molar refractivity (Wildman–Crippen MR) is 74.9 cm³/mol. The van der Waals surface area contributed by atoms with Crippen molar-refractivity contribution < 1.29 is 4.79 Å². The van der Waals surface area contributed by atoms with Crippen LogP contribution in [0.15, 0.2) is 6.20 Å². The molecule has 1 aliphatic rings. The number of hydrogen-bond acceptors (Lipinski definition) is 4. The smallest absolute Gasteiger partial charge is 0.271 e. The maximum atomic E-state index is 12.2. The minimum Gasteiger partial charge on any atom is -0.396 e. The van der Waals surface area contributed by atoms with Crippen molar-refractivity contribution in [3.05, 3.63) is 11.9 Å². The van der Waals surface area contributed by atoms with Crippen molar-refractivity contribution in [2.75, 3.05) is 32.4 Å². The second kappa shape index (κ2) is 6.06. The highest BCUT2D eigenvalue weighted by Gasteiger charge is 2.20. The largest absolute Gasteiger partial charge is 0.396 e. The van der Waals surface area contributed by atoms with Crippen molar-refractivity contribution in [1.29, 1.82) is 0 Å². The summed E-state index contributed by atoms with van der Waals surface area (Å²) in [7, 11) is 2.12. The van der Waals surface area contributed by atoms with Crippen LogP contribution in [0.25, 0.3) is 0 Å². The number of hydrogen-bond donors (Lipinski definition) is 2. The first-order chi connectivity index (χ1) is 9.11. The van der Waals surface area contributed by atoms with Crippen molar-refractivity contribution in [1.82, 2.24) is 20.0 Å². The second-order valence-electron chi connectivity index (χ2n) is 5.24. The van der Waals surface area contributed by atoms with Crippen LogP contribution in [0.4, 0.5) is 5.69 Å². The normalized spacial score (nSPS) is 20.4. The summed E-state index contributed by atoms with van der Waals surface area (Å²) in [5, 5.41) is 7.07. The van der Waals surface area contributed by atoms with E-state index in [0.29, 0.717) is 30.4 Å². The minimum atomic E-state index is -0.120. The van der Waals surface area contributed by atoms with Gasteiger partial charge >= 0.3 is 0 Å². The van der Waals surface area contributed by atoms with Gasteiger partial charge in [0.25, 0.3) is 5.91 Å². The molecule has 0 radical (unpaired) electrons. The number of nitrogen functional groups attached to an aromatic ring is 1. The standard InChI is InChI=1S/C13H23N5O/c1-3-18-12(11(14)8-16-18)13(19)15-7-10-5-4-6-17(2)9-10/h8,10H,3-7,9,14H2,1-2H3,(H,15,19). The molecule has 3 N–H and O–H groups in total. The molecule has 19 heavy (non-hydrogen) atoms. The number of likely N-dealkylation sites (tertiary alicyclic amines) is 1. The Balaban J connectivity index is 1.92. The molecule has 1 aromatic rings. The van der Waals surface area contributed by atoms with E-state index in [2.05, 4.69) is 22.4 Å². The summed E-state index contributed by atoms with van der Waals surface area (Å²) in [6, 6.07) is 0. The molecule has 1 aliphatic heterocycles. The number of nitrogens with zero attached hydrogens (tertiary/aromatic N) is 3. The van der Waals surface area contributed by atoms with Crippen molar-refractivity contribution in [3.8, 4) is 0 Å². The highest BCUT2D eigenvalue weighted by molar-refractivity contribution is 5.97. The molecular formula is C13H23N5O. The number of piperidine rings is 1. The van der Waals surface area contributed by atoms with E-state index >= 15 is 0 Å². The quantitative estimate of drug-likeness (QED) is 0.834. The Kier molecular flexibility index (Phi) is 4.42. The molecule has 0 bridgehead atoms. The summed E-state index contributed by atoms with van der Waals surface area (Å²) in [5.74, 6) is 0.409. The molecule has 2 rings (SSSR count). The lowest BCUT2D eigenvalue weighted by atomic mass is 9.98. The summed E-state index contributed by atoms with van der Waals surface area (Å²) in [4.78, 5) is 14.5. The van der Waals surface area contributed by atoms with Gasteiger partial charge in [-0.25, -0.2) is 0 Å². The highest BCUT2D eigenvalue weighted by Crippen LogP contribution is 2.15. The molecule has 1 atom stereocenters. The van der Waals surface area contributed by atoms with Crippen LogP contribution in [0.5, 0.6) is 0 Å². The molecular weight excluding hydrogens is 242 g/mol. The van der Waals surface area contributed by atoms with E-state index in [0.717, 1.165) is 13.1 Å². The lowest BCUT2D eigenvalue weighted by Crippen LogP contribution is -2.39. The van der Waals surface area contributed by atoms with E-state index in [-0.39, 0.29) is 5.91 Å². The zero-order valence-corrected chi connectivity index (χ0v) is 11.7. The first kappa shape index (κ1) is 13.9. The predicted octanol–water partition coefficient (Wildman–Crippen LogP) is 0.557. The first-order valence-electron chi connectivity index (χ1n) is 6.89. The van der Waals surface area contributed by atoms with Crippen LogP contribution < -0.4 is 11.1 Å². The lowest BCUT2D eigenvalue weighted by Gasteiger charge is -2.29. The third-order valence-corrected chi connectivity index (χ3v) is 3.66. The van der Waals surface area contributed by atoms with Gasteiger partial charge in [-0.3, -0.25) is 9.48 Å². The van der Waals surface area contributed by atoms with Crippen LogP contribution in [0, 0.1) is 5.92 Å². The summed E-state index contributed by atoms with van der Waals surface area (Å²) >= 11 is 0. The van der Waals surface area contributed by atoms with Crippen molar-refractivity contribution in [3.63, 3.8) is 0 Å². The van der Waals surface area contributed by atoms with Gasteiger partial charge in [-0.15, -0.1) is 0 Å². The van der Waals surface area contributed by atoms with Gasteiger partial charge in [0.15, 0.2) is 0 Å². The Morgan fingerprint density at radius 2 is 2.42 bits per heavy atom. The number of carbonyl (C=O) groups is 1. The molecule has 1 unspecified atom stereocenters. The molecule has 0 saturated carbocycles. The van der Waals surface area contributed by atoms with Gasteiger partial charge in [-0.05, 0) is 39.3 Å². The average Bonchev–Trinajstić information content (AvgIpc) is 2.77. The van der Waals surface area contributed by atoms with Crippen molar-refractivity contribution >= 4 is 11.6 Å². The fourth-order valence-electron chi connectivity index (χ4n) is 2.65. The number of carbonyl (C=O) groups excluding carboxylic acids is 1. The van der Waals surface area contributed by atoms with Gasteiger partial charge in [-0.1, -0.05) is 0 Å². The minimum absolute atomic E-state index is 0.120. The number of anilines is 1. The van der Waals surface area contributed by atoms with Crippen LogP contribution in [-0.4, -0.2) is 47.3 Å². The maximum absolute atomic E-state index is 12.2. The topological polar surface area (TPSA) is 76.2 Å². The number of nitrogens with two attached hydrogens (primary N) is 1. The molecule has 0 spiro atoms. The van der Waals surface area contributed by atoms with E-state index in [1.165, 1.54) is 19.0 Å². The molecule has 1 aromatic heterocycles. The lowest BCUT2D eigenvalue weighted by molar-refractivity contribution is 0.0927. The van der Waals surface area contributed by atoms with Gasteiger partial charge < -0.3 is 16.0 Å². The molecule has 6 nitrogen and oxygen atoms in total. The molecule has 1 amide bonds.